The zero-order valence-electron chi connectivity index (χ0n) is 22.2. The van der Waals surface area contributed by atoms with Gasteiger partial charge in [-0.1, -0.05) is 42.5 Å². The maximum atomic E-state index is 12.7. The van der Waals surface area contributed by atoms with E-state index in [2.05, 4.69) is 29.6 Å². The first kappa shape index (κ1) is 25.4. The van der Waals surface area contributed by atoms with E-state index >= 15 is 0 Å². The number of carbonyl (C=O) groups excluding carboxylic acids is 2. The minimum atomic E-state index is -0.621. The Morgan fingerprint density at radius 3 is 2.55 bits per heavy atom. The van der Waals surface area contributed by atoms with Crippen LogP contribution in [-0.2, 0) is 20.8 Å². The highest BCUT2D eigenvalue weighted by Gasteiger charge is 2.19. The summed E-state index contributed by atoms with van der Waals surface area (Å²) < 4.78 is 18.9. The Labute approximate surface area is 221 Å². The predicted octanol–water partition coefficient (Wildman–Crippen LogP) is 7.90. The number of esters is 1. The van der Waals surface area contributed by atoms with Crippen molar-refractivity contribution in [2.45, 2.75) is 52.7 Å². The van der Waals surface area contributed by atoms with Gasteiger partial charge in [-0.05, 0) is 57.9 Å². The molecule has 1 amide bonds. The van der Waals surface area contributed by atoms with Crippen molar-refractivity contribution >= 4 is 50.6 Å². The van der Waals surface area contributed by atoms with E-state index in [0.717, 1.165) is 44.0 Å². The van der Waals surface area contributed by atoms with Gasteiger partial charge in [0.25, 0.3) is 0 Å². The van der Waals surface area contributed by atoms with Crippen molar-refractivity contribution < 1.29 is 23.5 Å². The van der Waals surface area contributed by atoms with Crippen LogP contribution in [0.3, 0.4) is 0 Å². The number of carbonyl (C=O) groups is 2. The number of hydrogen-bond donors (Lipinski definition) is 1. The molecule has 38 heavy (non-hydrogen) atoms. The Balaban J connectivity index is 1.55. The third-order valence-corrected chi connectivity index (χ3v) is 6.32. The lowest BCUT2D eigenvalue weighted by Crippen LogP contribution is -2.27. The molecular formula is C31H32N2O5. The highest BCUT2D eigenvalue weighted by atomic mass is 16.6. The molecule has 0 atom stereocenters. The van der Waals surface area contributed by atoms with Gasteiger partial charge in [0, 0.05) is 40.9 Å². The van der Waals surface area contributed by atoms with Crippen molar-refractivity contribution in [2.75, 3.05) is 11.9 Å². The van der Waals surface area contributed by atoms with Crippen LogP contribution >= 0.6 is 0 Å². The summed E-state index contributed by atoms with van der Waals surface area (Å²) >= 11 is 0. The maximum absolute atomic E-state index is 12.7. The third kappa shape index (κ3) is 5.23. The Hall–Kier alpha value is -4.26. The summed E-state index contributed by atoms with van der Waals surface area (Å²) in [6.45, 7) is 8.27. The largest absolute Gasteiger partial charge is 0.466 e. The molecule has 2 heterocycles. The summed E-state index contributed by atoms with van der Waals surface area (Å²) in [7, 11) is 0. The molecule has 0 aliphatic rings. The number of aryl methyl sites for hydroxylation is 1. The van der Waals surface area contributed by atoms with Gasteiger partial charge < -0.3 is 18.5 Å². The van der Waals surface area contributed by atoms with Crippen LogP contribution in [0.25, 0.3) is 44.0 Å². The molecule has 0 unspecified atom stereocenters. The van der Waals surface area contributed by atoms with Gasteiger partial charge in [0.2, 0.25) is 0 Å². The normalized spacial score (nSPS) is 11.8. The van der Waals surface area contributed by atoms with Crippen LogP contribution in [0.5, 0.6) is 0 Å². The van der Waals surface area contributed by atoms with Gasteiger partial charge in [0.15, 0.2) is 0 Å². The molecular weight excluding hydrogens is 480 g/mol. The summed E-state index contributed by atoms with van der Waals surface area (Å²) in [4.78, 5) is 24.5. The molecule has 3 aromatic carbocycles. The molecule has 2 aromatic heterocycles. The fourth-order valence-corrected chi connectivity index (χ4v) is 4.76. The van der Waals surface area contributed by atoms with Crippen LogP contribution in [0.4, 0.5) is 10.5 Å². The first-order valence-corrected chi connectivity index (χ1v) is 12.9. The lowest BCUT2D eigenvalue weighted by Gasteiger charge is -2.19. The van der Waals surface area contributed by atoms with Gasteiger partial charge in [0.1, 0.15) is 16.8 Å². The fourth-order valence-electron chi connectivity index (χ4n) is 4.76. The number of benzene rings is 3. The minimum Gasteiger partial charge on any atom is -0.466 e. The van der Waals surface area contributed by atoms with E-state index < -0.39 is 11.7 Å². The number of rotatable bonds is 7. The Morgan fingerprint density at radius 1 is 0.974 bits per heavy atom. The average molecular weight is 513 g/mol. The minimum absolute atomic E-state index is 0.211. The van der Waals surface area contributed by atoms with Gasteiger partial charge in [0.05, 0.1) is 17.8 Å². The van der Waals surface area contributed by atoms with Gasteiger partial charge in [-0.3, -0.25) is 10.1 Å². The summed E-state index contributed by atoms with van der Waals surface area (Å²) in [5.41, 5.74) is 4.58. The molecule has 7 heteroatoms. The van der Waals surface area contributed by atoms with Crippen LogP contribution in [0.1, 0.15) is 40.5 Å². The molecule has 1 N–H and O–H groups in total. The van der Waals surface area contributed by atoms with Crippen molar-refractivity contribution in [3.63, 3.8) is 0 Å². The molecule has 0 aliphatic heterocycles. The molecule has 0 spiro atoms. The topological polar surface area (TPSA) is 82.7 Å². The van der Waals surface area contributed by atoms with Gasteiger partial charge in [-0.2, -0.15) is 0 Å². The number of furan rings is 1. The molecule has 5 rings (SSSR count). The summed E-state index contributed by atoms with van der Waals surface area (Å²) in [5, 5.41) is 5.93. The van der Waals surface area contributed by atoms with Crippen LogP contribution in [0.2, 0.25) is 0 Å². The standard InChI is InChI=1S/C31H32N2O5/c1-5-36-28(34)14-9-17-33-19-25(32-30(35)38-31(2,3)4)24-18-20(15-16-26(24)33)21-11-8-12-23-22-10-6-7-13-27(22)37-29(21)23/h6-8,10-13,15-16,18-19H,5,9,14,17H2,1-4H3,(H,32,35). The average Bonchev–Trinajstić information content (AvgIpc) is 3.41. The number of aromatic nitrogens is 1. The van der Waals surface area contributed by atoms with E-state index in [9.17, 15) is 9.59 Å². The number of hydrogen-bond acceptors (Lipinski definition) is 5. The molecule has 7 nitrogen and oxygen atoms in total. The van der Waals surface area contributed by atoms with Crippen LogP contribution in [-0.4, -0.2) is 28.8 Å². The van der Waals surface area contributed by atoms with Crippen molar-refractivity contribution in [1.82, 2.24) is 4.57 Å². The molecule has 0 aliphatic carbocycles. The molecule has 0 saturated carbocycles. The van der Waals surface area contributed by atoms with E-state index in [1.807, 2.05) is 67.9 Å². The lowest BCUT2D eigenvalue weighted by molar-refractivity contribution is -0.143. The summed E-state index contributed by atoms with van der Waals surface area (Å²) in [5.74, 6) is -0.211. The number of fused-ring (bicyclic) bond motifs is 4. The number of amides is 1. The summed E-state index contributed by atoms with van der Waals surface area (Å²) in [6.07, 6.45) is 2.32. The highest BCUT2D eigenvalue weighted by Crippen LogP contribution is 2.38. The second kappa shape index (κ2) is 10.2. The Morgan fingerprint density at radius 2 is 1.76 bits per heavy atom. The number of nitrogens with zero attached hydrogens (tertiary/aromatic N) is 1. The van der Waals surface area contributed by atoms with Gasteiger partial charge in [-0.25, -0.2) is 4.79 Å². The number of anilines is 1. The van der Waals surface area contributed by atoms with E-state index in [1.54, 1.807) is 6.92 Å². The molecule has 0 radical (unpaired) electrons. The van der Waals surface area contributed by atoms with Crippen molar-refractivity contribution in [2.24, 2.45) is 0 Å². The molecule has 0 fully saturated rings. The summed E-state index contributed by atoms with van der Waals surface area (Å²) in [6, 6.07) is 20.3. The third-order valence-electron chi connectivity index (χ3n) is 6.32. The fraction of sp³-hybridized carbons (Fsp3) is 0.290. The second-order valence-corrected chi connectivity index (χ2v) is 10.3. The monoisotopic (exact) mass is 512 g/mol. The molecule has 0 saturated heterocycles. The van der Waals surface area contributed by atoms with Gasteiger partial charge in [-0.15, -0.1) is 0 Å². The zero-order chi connectivity index (χ0) is 26.9. The second-order valence-electron chi connectivity index (χ2n) is 10.3. The van der Waals surface area contributed by atoms with E-state index in [1.165, 1.54) is 0 Å². The van der Waals surface area contributed by atoms with Crippen LogP contribution in [0, 0.1) is 0 Å². The smallest absolute Gasteiger partial charge is 0.412 e. The first-order chi connectivity index (χ1) is 18.2. The Bertz CT molecular complexity index is 1640. The zero-order valence-corrected chi connectivity index (χ0v) is 22.2. The van der Waals surface area contributed by atoms with E-state index in [0.29, 0.717) is 31.7 Å². The van der Waals surface area contributed by atoms with E-state index in [4.69, 9.17) is 13.9 Å². The highest BCUT2D eigenvalue weighted by molar-refractivity contribution is 6.10. The van der Waals surface area contributed by atoms with Crippen LogP contribution < -0.4 is 5.32 Å². The van der Waals surface area contributed by atoms with Crippen LogP contribution in [0.15, 0.2) is 71.3 Å². The van der Waals surface area contributed by atoms with Crippen molar-refractivity contribution in [1.29, 1.82) is 0 Å². The quantitative estimate of drug-likeness (QED) is 0.224. The number of para-hydroxylation sites is 2. The molecule has 196 valence electrons. The van der Waals surface area contributed by atoms with Crippen molar-refractivity contribution in [3.05, 3.63) is 66.9 Å². The SMILES string of the molecule is CCOC(=O)CCCn1cc(NC(=O)OC(C)(C)C)c2cc(-c3cccc4c3oc3ccccc34)ccc21. The van der Waals surface area contributed by atoms with Crippen molar-refractivity contribution in [3.8, 4) is 11.1 Å². The molecule has 0 bridgehead atoms. The number of ether oxygens (including phenoxy) is 2. The number of nitrogens with one attached hydrogen (secondary N) is 1. The lowest BCUT2D eigenvalue weighted by atomic mass is 10.0. The Kier molecular flexibility index (Phi) is 6.85. The maximum Gasteiger partial charge on any atom is 0.412 e. The predicted molar refractivity (Wildman–Crippen MR) is 150 cm³/mol. The first-order valence-electron chi connectivity index (χ1n) is 12.9. The molecule has 5 aromatic rings. The van der Waals surface area contributed by atoms with Gasteiger partial charge >= 0.3 is 12.1 Å². The van der Waals surface area contributed by atoms with E-state index in [-0.39, 0.29) is 5.97 Å².